The van der Waals surface area contributed by atoms with Gasteiger partial charge in [0.05, 0.1) is 27.3 Å². The van der Waals surface area contributed by atoms with Crippen LogP contribution in [-0.4, -0.2) is 22.5 Å². The zero-order valence-electron chi connectivity index (χ0n) is 14.6. The Hall–Kier alpha value is -1.49. The Morgan fingerprint density at radius 2 is 1.79 bits per heavy atom. The number of ether oxygens (including phenoxy) is 2. The molecule has 0 saturated carbocycles. The van der Waals surface area contributed by atoms with E-state index in [1.807, 2.05) is 5.51 Å². The number of fused-ring (bicyclic) bond motifs is 2. The highest BCUT2D eigenvalue weighted by atomic mass is 32.1. The van der Waals surface area contributed by atoms with E-state index in [1.165, 1.54) is 27.3 Å². The van der Waals surface area contributed by atoms with Crippen molar-refractivity contribution in [1.82, 2.24) is 4.98 Å². The van der Waals surface area contributed by atoms with Crippen LogP contribution >= 0.6 is 11.3 Å². The van der Waals surface area contributed by atoms with Crippen molar-refractivity contribution in [3.63, 3.8) is 0 Å². The number of nitrogens with zero attached hydrogens (tertiary/aromatic N) is 1. The summed E-state index contributed by atoms with van der Waals surface area (Å²) >= 11 is 1.70. The first kappa shape index (κ1) is 16.0. The summed E-state index contributed by atoms with van der Waals surface area (Å²) in [6.45, 7) is 8.35. The van der Waals surface area contributed by atoms with Gasteiger partial charge in [0.1, 0.15) is 0 Å². The first-order chi connectivity index (χ1) is 11.4. The minimum Gasteiger partial charge on any atom is -0.340 e. The summed E-state index contributed by atoms with van der Waals surface area (Å²) in [5.41, 5.74) is 6.31. The van der Waals surface area contributed by atoms with Crippen LogP contribution in [0.5, 0.6) is 0 Å². The molecule has 1 saturated heterocycles. The highest BCUT2D eigenvalue weighted by molar-refractivity contribution is 7.11. The van der Waals surface area contributed by atoms with Gasteiger partial charge in [-0.2, -0.15) is 0 Å². The summed E-state index contributed by atoms with van der Waals surface area (Å²) in [6.07, 6.45) is 3.80. The Labute approximate surface area is 147 Å². The number of aromatic nitrogens is 1. The van der Waals surface area contributed by atoms with E-state index in [4.69, 9.17) is 9.47 Å². The largest absolute Gasteiger partial charge is 0.340 e. The van der Waals surface area contributed by atoms with Crippen LogP contribution in [0.15, 0.2) is 35.9 Å². The van der Waals surface area contributed by atoms with E-state index in [0.717, 1.165) is 12.8 Å². The molecule has 126 valence electrons. The molecule has 4 heteroatoms. The van der Waals surface area contributed by atoms with Gasteiger partial charge in [-0.3, -0.25) is 0 Å². The topological polar surface area (TPSA) is 31.4 Å². The Morgan fingerprint density at radius 1 is 1.08 bits per heavy atom. The fourth-order valence-electron chi connectivity index (χ4n) is 3.30. The van der Waals surface area contributed by atoms with E-state index in [1.54, 1.807) is 11.3 Å². The normalized spacial score (nSPS) is 23.8. The molecule has 1 aliphatic heterocycles. The first-order valence-corrected chi connectivity index (χ1v) is 9.34. The fourth-order valence-corrected chi connectivity index (χ4v) is 4.18. The third kappa shape index (κ3) is 2.53. The highest BCUT2D eigenvalue weighted by Crippen LogP contribution is 2.41. The fraction of sp³-hybridized carbons (Fsp3) is 0.450. The number of rotatable bonds is 1. The van der Waals surface area contributed by atoms with Crippen molar-refractivity contribution in [3.05, 3.63) is 57.6 Å². The van der Waals surface area contributed by atoms with Crippen molar-refractivity contribution in [1.29, 1.82) is 0 Å². The van der Waals surface area contributed by atoms with Crippen molar-refractivity contribution < 1.29 is 9.47 Å². The number of hydrogen-bond donors (Lipinski definition) is 0. The molecule has 0 radical (unpaired) electrons. The Kier molecular flexibility index (Phi) is 3.68. The Bertz CT molecular complexity index is 787. The molecule has 0 spiro atoms. The van der Waals surface area contributed by atoms with Crippen molar-refractivity contribution in [2.24, 2.45) is 0 Å². The predicted molar refractivity (Wildman–Crippen MR) is 97.2 cm³/mol. The summed E-state index contributed by atoms with van der Waals surface area (Å²) in [5, 5.41) is 0. The van der Waals surface area contributed by atoms with Gasteiger partial charge in [-0.1, -0.05) is 24.3 Å². The van der Waals surface area contributed by atoms with Crippen LogP contribution in [-0.2, 0) is 22.3 Å². The van der Waals surface area contributed by atoms with E-state index >= 15 is 0 Å². The van der Waals surface area contributed by atoms with Crippen LogP contribution in [0.2, 0.25) is 0 Å². The highest BCUT2D eigenvalue weighted by Gasteiger charge is 2.48. The number of hydrogen-bond acceptors (Lipinski definition) is 4. The van der Waals surface area contributed by atoms with E-state index in [2.05, 4.69) is 63.0 Å². The maximum atomic E-state index is 6.20. The molecule has 2 aromatic rings. The molecular weight excluding hydrogens is 318 g/mol. The molecule has 4 rings (SSSR count). The average Bonchev–Trinajstić information content (AvgIpc) is 3.01. The third-order valence-electron chi connectivity index (χ3n) is 5.40. The van der Waals surface area contributed by atoms with Gasteiger partial charge in [0.2, 0.25) is 0 Å². The van der Waals surface area contributed by atoms with Crippen LogP contribution in [0.3, 0.4) is 0 Å². The quantitative estimate of drug-likeness (QED) is 0.759. The minimum atomic E-state index is -0.342. The number of aryl methyl sites for hydroxylation is 2. The van der Waals surface area contributed by atoms with Crippen molar-refractivity contribution >= 4 is 16.9 Å². The second-order valence-electron chi connectivity index (χ2n) is 7.49. The third-order valence-corrected chi connectivity index (χ3v) is 6.30. The lowest BCUT2D eigenvalue weighted by molar-refractivity contribution is -0.0501. The molecule has 2 heterocycles. The summed E-state index contributed by atoms with van der Waals surface area (Å²) < 4.78 is 12.4. The van der Waals surface area contributed by atoms with Gasteiger partial charge < -0.3 is 9.47 Å². The maximum absolute atomic E-state index is 6.20. The zero-order valence-corrected chi connectivity index (χ0v) is 15.4. The van der Waals surface area contributed by atoms with Crippen molar-refractivity contribution in [2.75, 3.05) is 0 Å². The van der Waals surface area contributed by atoms with Crippen LogP contribution in [0.25, 0.3) is 5.57 Å². The smallest absolute Gasteiger partial charge is 0.179 e. The lowest BCUT2D eigenvalue weighted by atomic mass is 9.90. The number of benzene rings is 1. The van der Waals surface area contributed by atoms with E-state index in [-0.39, 0.29) is 17.5 Å². The summed E-state index contributed by atoms with van der Waals surface area (Å²) in [5.74, 6) is 0. The number of thiazole rings is 1. The Balaban J connectivity index is 1.81. The molecule has 0 atom stereocenters. The van der Waals surface area contributed by atoms with Gasteiger partial charge in [-0.15, -0.1) is 11.3 Å². The van der Waals surface area contributed by atoms with Gasteiger partial charge in [0.25, 0.3) is 0 Å². The van der Waals surface area contributed by atoms with Crippen LogP contribution in [0.4, 0.5) is 0 Å². The van der Waals surface area contributed by atoms with Crippen molar-refractivity contribution in [3.8, 4) is 0 Å². The van der Waals surface area contributed by atoms with Crippen LogP contribution < -0.4 is 0 Å². The summed E-state index contributed by atoms with van der Waals surface area (Å²) in [6, 6.07) is 8.62. The second kappa shape index (κ2) is 5.51. The molecule has 0 unspecified atom stereocenters. The molecule has 0 N–H and O–H groups in total. The Morgan fingerprint density at radius 3 is 2.54 bits per heavy atom. The molecule has 3 nitrogen and oxygen atoms in total. The molecule has 0 bridgehead atoms. The zero-order chi connectivity index (χ0) is 16.9. The standard InChI is InChI=1S/C20H23NO2S/c1-19(2)20(3,4)23-17(22-19)11-15-14-8-6-5-7-13(14)9-10-16-18(15)24-12-21-16/h5-8,11-12,17H,9-10H2,1-4H3/b15-11-. The van der Waals surface area contributed by atoms with Crippen LogP contribution in [0.1, 0.15) is 49.4 Å². The monoisotopic (exact) mass is 341 g/mol. The van der Waals surface area contributed by atoms with E-state index in [0.29, 0.717) is 0 Å². The van der Waals surface area contributed by atoms with Crippen molar-refractivity contribution in [2.45, 2.75) is 58.0 Å². The van der Waals surface area contributed by atoms with Gasteiger partial charge in [0, 0.05) is 5.57 Å². The SMILES string of the molecule is CC1(C)OC(/C=C2/c3ccccc3CCc3ncsc32)OC1(C)C. The molecular formula is C20H23NO2S. The summed E-state index contributed by atoms with van der Waals surface area (Å²) in [7, 11) is 0. The maximum Gasteiger partial charge on any atom is 0.179 e. The predicted octanol–water partition coefficient (Wildman–Crippen LogP) is 4.60. The van der Waals surface area contributed by atoms with E-state index in [9.17, 15) is 0 Å². The molecule has 1 aromatic heterocycles. The molecule has 1 fully saturated rings. The lowest BCUT2D eigenvalue weighted by Crippen LogP contribution is -2.41. The minimum absolute atomic E-state index is 0.324. The molecule has 1 aromatic carbocycles. The molecule has 0 amide bonds. The second-order valence-corrected chi connectivity index (χ2v) is 8.35. The molecule has 24 heavy (non-hydrogen) atoms. The van der Waals surface area contributed by atoms with Crippen LogP contribution in [0, 0.1) is 0 Å². The first-order valence-electron chi connectivity index (χ1n) is 8.46. The van der Waals surface area contributed by atoms with Gasteiger partial charge in [0.15, 0.2) is 6.29 Å². The van der Waals surface area contributed by atoms with Gasteiger partial charge >= 0.3 is 0 Å². The lowest BCUT2D eigenvalue weighted by Gasteiger charge is -2.30. The van der Waals surface area contributed by atoms with Gasteiger partial charge in [-0.05, 0) is 57.7 Å². The van der Waals surface area contributed by atoms with Gasteiger partial charge in [-0.25, -0.2) is 4.98 Å². The van der Waals surface area contributed by atoms with E-state index < -0.39 is 0 Å². The summed E-state index contributed by atoms with van der Waals surface area (Å²) in [4.78, 5) is 5.82. The molecule has 2 aliphatic rings. The average molecular weight is 341 g/mol. The molecule has 1 aliphatic carbocycles.